The normalized spacial score (nSPS) is 16.1. The summed E-state index contributed by atoms with van der Waals surface area (Å²) in [4.78, 5) is 53.3. The van der Waals surface area contributed by atoms with Crippen molar-refractivity contribution >= 4 is 57.3 Å². The molecule has 2 atom stereocenters. The van der Waals surface area contributed by atoms with Crippen LogP contribution in [0.15, 0.2) is 84.9 Å². The third kappa shape index (κ3) is 5.77. The number of rotatable bonds is 4. The van der Waals surface area contributed by atoms with Crippen LogP contribution in [-0.2, 0) is 16.1 Å². The van der Waals surface area contributed by atoms with Crippen molar-refractivity contribution in [2.75, 3.05) is 5.32 Å². The maximum Gasteiger partial charge on any atom is 0.246 e. The largest absolute Gasteiger partial charge is 0.318 e. The lowest BCUT2D eigenvalue weighted by atomic mass is 9.79. The number of anilines is 1. The van der Waals surface area contributed by atoms with E-state index in [2.05, 4.69) is 25.3 Å². The molecular weight excluding hydrogens is 616 g/mol. The molecule has 47 heavy (non-hydrogen) atoms. The van der Waals surface area contributed by atoms with E-state index in [0.717, 1.165) is 32.7 Å². The topological polar surface area (TPSA) is 120 Å². The van der Waals surface area contributed by atoms with E-state index >= 15 is 0 Å². The van der Waals surface area contributed by atoms with Gasteiger partial charge in [-0.25, -0.2) is 24.3 Å². The highest BCUT2D eigenvalue weighted by atomic mass is 32.1. The van der Waals surface area contributed by atoms with Crippen LogP contribution >= 0.6 is 11.3 Å². The Morgan fingerprint density at radius 1 is 0.979 bits per heavy atom. The summed E-state index contributed by atoms with van der Waals surface area (Å²) >= 11 is 1.28. The Morgan fingerprint density at radius 2 is 1.81 bits per heavy atom. The van der Waals surface area contributed by atoms with Crippen LogP contribution in [0.1, 0.15) is 35.7 Å². The number of Topliss-reactive ketones (excluding diaryl/α,β-unsaturated/α-hetero) is 2. The van der Waals surface area contributed by atoms with Crippen molar-refractivity contribution in [1.82, 2.24) is 24.5 Å². The maximum absolute atomic E-state index is 13.3. The molecule has 3 aromatic heterocycles. The minimum absolute atomic E-state index is 0.0436. The molecule has 3 heterocycles. The Labute approximate surface area is 272 Å². The van der Waals surface area contributed by atoms with Crippen molar-refractivity contribution in [2.45, 2.75) is 26.3 Å². The first kappa shape index (κ1) is 30.0. The lowest BCUT2D eigenvalue weighted by molar-refractivity contribution is -0.122. The lowest BCUT2D eigenvalue weighted by Gasteiger charge is -2.23. The van der Waals surface area contributed by atoms with Crippen LogP contribution in [0.5, 0.6) is 0 Å². The molecule has 0 bridgehead atoms. The maximum atomic E-state index is 13.3. The fourth-order valence-corrected chi connectivity index (χ4v) is 6.72. The van der Waals surface area contributed by atoms with Gasteiger partial charge in [-0.2, -0.15) is 0 Å². The number of benzene rings is 3. The summed E-state index contributed by atoms with van der Waals surface area (Å²) in [6.07, 6.45) is 8.28. The zero-order chi connectivity index (χ0) is 32.7. The van der Waals surface area contributed by atoms with E-state index in [0.29, 0.717) is 27.6 Å². The van der Waals surface area contributed by atoms with Crippen molar-refractivity contribution in [3.63, 3.8) is 0 Å². The predicted octanol–water partition coefficient (Wildman–Crippen LogP) is 5.16. The van der Waals surface area contributed by atoms with E-state index in [1.165, 1.54) is 29.8 Å². The first-order valence-corrected chi connectivity index (χ1v) is 15.8. The van der Waals surface area contributed by atoms with Gasteiger partial charge in [0, 0.05) is 28.3 Å². The van der Waals surface area contributed by atoms with Crippen LogP contribution in [0.2, 0.25) is 0 Å². The van der Waals surface area contributed by atoms with E-state index in [1.807, 2.05) is 56.3 Å². The van der Waals surface area contributed by atoms with Crippen LogP contribution in [0.4, 0.5) is 9.52 Å². The van der Waals surface area contributed by atoms with Gasteiger partial charge in [-0.1, -0.05) is 68.5 Å². The number of ketones is 2. The molecule has 2 aliphatic carbocycles. The van der Waals surface area contributed by atoms with Gasteiger partial charge in [-0.05, 0) is 45.3 Å². The summed E-state index contributed by atoms with van der Waals surface area (Å²) in [5.41, 5.74) is 6.34. The molecule has 0 saturated heterocycles. The number of halogens is 1. The number of hydrogen-bond acceptors (Lipinski definition) is 8. The number of nitrogens with zero attached hydrogens (tertiary/aromatic N) is 5. The zero-order valence-electron chi connectivity index (χ0n) is 25.3. The van der Waals surface area contributed by atoms with Gasteiger partial charge in [0.2, 0.25) is 5.91 Å². The first-order chi connectivity index (χ1) is 22.8. The average molecular weight is 643 g/mol. The van der Waals surface area contributed by atoms with Gasteiger partial charge in [0.25, 0.3) is 0 Å². The van der Waals surface area contributed by atoms with Crippen LogP contribution in [0.3, 0.4) is 0 Å². The van der Waals surface area contributed by atoms with Crippen molar-refractivity contribution in [2.24, 2.45) is 5.92 Å². The number of imidazole rings is 1. The Morgan fingerprint density at radius 3 is 2.64 bits per heavy atom. The van der Waals surface area contributed by atoms with Gasteiger partial charge in [-0.15, -0.1) is 11.3 Å². The molecule has 6 aromatic rings. The monoisotopic (exact) mass is 642 g/mol. The molecule has 1 amide bonds. The van der Waals surface area contributed by atoms with Crippen LogP contribution < -0.4 is 15.8 Å². The van der Waals surface area contributed by atoms with Crippen LogP contribution in [0.25, 0.3) is 45.7 Å². The van der Waals surface area contributed by atoms with E-state index in [-0.39, 0.29) is 41.7 Å². The van der Waals surface area contributed by atoms with Gasteiger partial charge in [0.15, 0.2) is 16.6 Å². The second-order valence-corrected chi connectivity index (χ2v) is 12.2. The number of nitrogens with one attached hydrogen (secondary N) is 1. The summed E-state index contributed by atoms with van der Waals surface area (Å²) in [6.45, 7) is 3.95. The van der Waals surface area contributed by atoms with Gasteiger partial charge < -0.3 is 9.88 Å². The summed E-state index contributed by atoms with van der Waals surface area (Å²) < 4.78 is 15.0. The number of carbonyl (C=O) groups is 3. The highest BCUT2D eigenvalue weighted by Gasteiger charge is 2.27. The quantitative estimate of drug-likeness (QED) is 0.282. The summed E-state index contributed by atoms with van der Waals surface area (Å²) in [7, 11) is 0. The highest BCUT2D eigenvalue weighted by Crippen LogP contribution is 2.28. The number of fused-ring (bicyclic) bond motifs is 6. The van der Waals surface area contributed by atoms with Crippen molar-refractivity contribution < 1.29 is 18.8 Å². The average Bonchev–Trinajstić information content (AvgIpc) is 3.71. The van der Waals surface area contributed by atoms with Crippen molar-refractivity contribution in [1.29, 1.82) is 0 Å². The number of thiazole rings is 1. The molecule has 0 spiro atoms. The Kier molecular flexibility index (Phi) is 7.82. The number of aromatic nitrogens is 5. The third-order valence-corrected chi connectivity index (χ3v) is 9.08. The Hall–Kier alpha value is -5.68. The molecule has 0 saturated carbocycles. The number of hydrogen-bond donors (Lipinski definition) is 1. The number of carbonyl (C=O) groups excluding carboxylic acids is 3. The molecule has 0 aliphatic heterocycles. The summed E-state index contributed by atoms with van der Waals surface area (Å²) in [5, 5.41) is 6.97. The molecule has 2 unspecified atom stereocenters. The van der Waals surface area contributed by atoms with E-state index in [4.69, 9.17) is 0 Å². The van der Waals surface area contributed by atoms with Crippen molar-refractivity contribution in [3.05, 3.63) is 112 Å². The minimum atomic E-state index is -0.328. The van der Waals surface area contributed by atoms with Gasteiger partial charge in [0.1, 0.15) is 30.0 Å². The Bertz CT molecular complexity index is 2350. The molecule has 11 heteroatoms. The summed E-state index contributed by atoms with van der Waals surface area (Å²) in [5.74, 6) is -0.499. The molecule has 2 aliphatic rings. The molecule has 9 nitrogen and oxygen atoms in total. The fourth-order valence-electron chi connectivity index (χ4n) is 5.98. The van der Waals surface area contributed by atoms with E-state index < -0.39 is 0 Å². The van der Waals surface area contributed by atoms with Crippen LogP contribution in [-0.4, -0.2) is 42.0 Å². The lowest BCUT2D eigenvalue weighted by Crippen LogP contribution is -2.40. The molecule has 0 fully saturated rings. The first-order valence-electron chi connectivity index (χ1n) is 14.9. The van der Waals surface area contributed by atoms with Crippen molar-refractivity contribution in [3.8, 4) is 22.4 Å². The highest BCUT2D eigenvalue weighted by molar-refractivity contribution is 7.14. The molecule has 8 rings (SSSR count). The van der Waals surface area contributed by atoms with Gasteiger partial charge in [-0.3, -0.25) is 14.4 Å². The van der Waals surface area contributed by atoms with Gasteiger partial charge in [0.05, 0.1) is 18.2 Å². The SMILES string of the molecule is CC1C=c2c(ccc3c2=CC(=O)c2ccccc2-3)C(C)C1=O.O=C(Cn1cnc2ncncc21)Nc1nc(-c2cccc(F)c2)cs1. The van der Waals surface area contributed by atoms with E-state index in [1.54, 1.807) is 40.7 Å². The smallest absolute Gasteiger partial charge is 0.246 e. The minimum Gasteiger partial charge on any atom is -0.318 e. The molecule has 3 aromatic carbocycles. The second-order valence-electron chi connectivity index (χ2n) is 11.4. The van der Waals surface area contributed by atoms with Crippen LogP contribution in [0, 0.1) is 11.7 Å². The molecule has 232 valence electrons. The standard InChI is InChI=1S/C20H16O2.C16H11FN6OS/c1-11-9-17-13(12(2)20(11)22)7-8-15-14-5-3-4-6-16(14)19(21)10-18(15)17;17-11-3-1-2-10(4-11)12-7-25-16(21-12)22-14(24)6-23-9-20-15-13(23)5-18-8-19-15/h3-12H,1-2H3;1-5,7-9H,6H2,(H,21,22,24). The predicted molar refractivity (Wildman–Crippen MR) is 178 cm³/mol. The Balaban J connectivity index is 0.000000151. The molecular formula is C36H27FN6O3S. The fraction of sp³-hybridized carbons (Fsp3) is 0.139. The van der Waals surface area contributed by atoms with Gasteiger partial charge >= 0.3 is 0 Å². The van der Waals surface area contributed by atoms with E-state index in [9.17, 15) is 18.8 Å². The second kappa shape index (κ2) is 12.3. The molecule has 1 N–H and O–H groups in total. The number of amides is 1. The molecule has 0 radical (unpaired) electrons. The summed E-state index contributed by atoms with van der Waals surface area (Å²) in [6, 6.07) is 18.0. The third-order valence-electron chi connectivity index (χ3n) is 8.32. The zero-order valence-corrected chi connectivity index (χ0v) is 26.2.